The van der Waals surface area contributed by atoms with Crippen LogP contribution in [0, 0.1) is 13.8 Å². The molecule has 0 atom stereocenters. The molecule has 0 spiro atoms. The van der Waals surface area contributed by atoms with Gasteiger partial charge in [0, 0.05) is 5.56 Å². The summed E-state index contributed by atoms with van der Waals surface area (Å²) in [5, 5.41) is 0. The van der Waals surface area contributed by atoms with Crippen molar-refractivity contribution in [3.63, 3.8) is 0 Å². The van der Waals surface area contributed by atoms with Crippen molar-refractivity contribution in [2.45, 2.75) is 13.8 Å². The number of aryl methyl sites for hydroxylation is 2. The van der Waals surface area contributed by atoms with E-state index in [0.717, 1.165) is 16.7 Å². The van der Waals surface area contributed by atoms with Crippen molar-refractivity contribution in [2.75, 3.05) is 14.2 Å². The number of rotatable bonds is 4. The topological polar surface area (TPSA) is 44.8 Å². The van der Waals surface area contributed by atoms with E-state index in [9.17, 15) is 4.79 Å². The first-order valence-electron chi connectivity index (χ1n) is 7.97. The maximum atomic E-state index is 12.2. The third kappa shape index (κ3) is 3.43. The average molecular weight is 336 g/mol. The Labute approximate surface area is 147 Å². The molecule has 25 heavy (non-hydrogen) atoms. The lowest BCUT2D eigenvalue weighted by Crippen LogP contribution is -1.97. The third-order valence-corrected chi connectivity index (χ3v) is 4.25. The van der Waals surface area contributed by atoms with Crippen LogP contribution in [0.25, 0.3) is 11.8 Å². The standard InChI is InChI=1S/C21H20O4/c1-13-5-7-16(9-14(13)2)19-12-17(21(22)25-19)10-15-6-8-18(23-3)20(11-15)24-4/h5-12H,1-4H3/b17-10-. The van der Waals surface area contributed by atoms with Crippen molar-refractivity contribution >= 4 is 17.8 Å². The molecule has 3 rings (SSSR count). The molecule has 1 aliphatic heterocycles. The highest BCUT2D eigenvalue weighted by Crippen LogP contribution is 2.31. The SMILES string of the molecule is COc1ccc(/C=C2/C=C(c3ccc(C)c(C)c3)OC2=O)cc1OC. The van der Waals surface area contributed by atoms with E-state index in [4.69, 9.17) is 14.2 Å². The van der Waals surface area contributed by atoms with Crippen molar-refractivity contribution in [1.82, 2.24) is 0 Å². The molecule has 2 aromatic carbocycles. The van der Waals surface area contributed by atoms with Gasteiger partial charge in [0.15, 0.2) is 11.5 Å². The minimum Gasteiger partial charge on any atom is -0.493 e. The normalized spacial score (nSPS) is 15.1. The zero-order chi connectivity index (χ0) is 18.0. The largest absolute Gasteiger partial charge is 0.493 e. The second-order valence-electron chi connectivity index (χ2n) is 5.91. The van der Waals surface area contributed by atoms with Gasteiger partial charge in [-0.1, -0.05) is 18.2 Å². The van der Waals surface area contributed by atoms with Crippen molar-refractivity contribution in [3.05, 3.63) is 70.3 Å². The fraction of sp³-hybridized carbons (Fsp3) is 0.190. The van der Waals surface area contributed by atoms with Crippen LogP contribution in [0.1, 0.15) is 22.3 Å². The Morgan fingerprint density at radius 1 is 0.920 bits per heavy atom. The molecule has 2 aromatic rings. The second-order valence-corrected chi connectivity index (χ2v) is 5.91. The monoisotopic (exact) mass is 336 g/mol. The molecule has 0 radical (unpaired) electrons. The van der Waals surface area contributed by atoms with Crippen molar-refractivity contribution < 1.29 is 19.0 Å². The van der Waals surface area contributed by atoms with Crippen molar-refractivity contribution in [1.29, 1.82) is 0 Å². The van der Waals surface area contributed by atoms with Crippen LogP contribution >= 0.6 is 0 Å². The zero-order valence-corrected chi connectivity index (χ0v) is 14.8. The van der Waals surface area contributed by atoms with Crippen LogP contribution in [0.5, 0.6) is 11.5 Å². The second kappa shape index (κ2) is 6.85. The van der Waals surface area contributed by atoms with Gasteiger partial charge in [-0.05, 0) is 60.9 Å². The van der Waals surface area contributed by atoms with Gasteiger partial charge in [0.25, 0.3) is 0 Å². The molecular weight excluding hydrogens is 316 g/mol. The molecule has 0 aromatic heterocycles. The fourth-order valence-electron chi connectivity index (χ4n) is 2.65. The highest BCUT2D eigenvalue weighted by Gasteiger charge is 2.22. The van der Waals surface area contributed by atoms with Gasteiger partial charge in [-0.3, -0.25) is 0 Å². The molecule has 0 bridgehead atoms. The van der Waals surface area contributed by atoms with Gasteiger partial charge in [-0.2, -0.15) is 0 Å². The van der Waals surface area contributed by atoms with Crippen LogP contribution in [-0.4, -0.2) is 20.2 Å². The summed E-state index contributed by atoms with van der Waals surface area (Å²) in [5.74, 6) is 1.47. The molecule has 0 N–H and O–H groups in total. The Balaban J connectivity index is 1.94. The number of esters is 1. The van der Waals surface area contributed by atoms with Crippen molar-refractivity contribution in [2.24, 2.45) is 0 Å². The van der Waals surface area contributed by atoms with Crippen LogP contribution < -0.4 is 9.47 Å². The molecular formula is C21H20O4. The molecule has 0 saturated heterocycles. The molecule has 0 aliphatic carbocycles. The first-order chi connectivity index (χ1) is 12.0. The number of cyclic esters (lactones) is 1. The van der Waals surface area contributed by atoms with Gasteiger partial charge in [0.2, 0.25) is 0 Å². The number of methoxy groups -OCH3 is 2. The minimum atomic E-state index is -0.358. The highest BCUT2D eigenvalue weighted by molar-refractivity contribution is 6.05. The summed E-state index contributed by atoms with van der Waals surface area (Å²) in [6, 6.07) is 11.5. The number of ether oxygens (including phenoxy) is 3. The molecule has 0 unspecified atom stereocenters. The maximum absolute atomic E-state index is 12.2. The first-order valence-corrected chi connectivity index (χ1v) is 7.97. The van der Waals surface area contributed by atoms with Gasteiger partial charge in [0.1, 0.15) is 5.76 Å². The quantitative estimate of drug-likeness (QED) is 0.617. The van der Waals surface area contributed by atoms with Crippen LogP contribution in [0.2, 0.25) is 0 Å². The first kappa shape index (κ1) is 16.8. The lowest BCUT2D eigenvalue weighted by Gasteiger charge is -2.07. The van der Waals surface area contributed by atoms with E-state index in [1.807, 2.05) is 37.3 Å². The van der Waals surface area contributed by atoms with E-state index in [0.29, 0.717) is 22.8 Å². The van der Waals surface area contributed by atoms with Gasteiger partial charge in [-0.25, -0.2) is 4.79 Å². The molecule has 0 fully saturated rings. The summed E-state index contributed by atoms with van der Waals surface area (Å²) in [6.07, 6.45) is 3.54. The zero-order valence-electron chi connectivity index (χ0n) is 14.8. The molecule has 128 valence electrons. The number of hydrogen-bond acceptors (Lipinski definition) is 4. The van der Waals surface area contributed by atoms with Gasteiger partial charge in [-0.15, -0.1) is 0 Å². The third-order valence-electron chi connectivity index (χ3n) is 4.25. The summed E-state index contributed by atoms with van der Waals surface area (Å²) >= 11 is 0. The van der Waals surface area contributed by atoms with E-state index in [2.05, 4.69) is 6.92 Å². The van der Waals surface area contributed by atoms with Crippen LogP contribution in [0.15, 0.2) is 48.0 Å². The Bertz CT molecular complexity index is 891. The van der Waals surface area contributed by atoms with Gasteiger partial charge >= 0.3 is 5.97 Å². The predicted octanol–water partition coefficient (Wildman–Crippen LogP) is 4.30. The van der Waals surface area contributed by atoms with Crippen LogP contribution in [0.4, 0.5) is 0 Å². The van der Waals surface area contributed by atoms with E-state index in [1.54, 1.807) is 32.4 Å². The van der Waals surface area contributed by atoms with E-state index in [1.165, 1.54) is 5.56 Å². The fourth-order valence-corrected chi connectivity index (χ4v) is 2.65. The summed E-state index contributed by atoms with van der Waals surface area (Å²) < 4.78 is 16.0. The molecule has 4 nitrogen and oxygen atoms in total. The van der Waals surface area contributed by atoms with E-state index < -0.39 is 0 Å². The smallest absolute Gasteiger partial charge is 0.343 e. The molecule has 1 aliphatic rings. The van der Waals surface area contributed by atoms with Crippen molar-refractivity contribution in [3.8, 4) is 11.5 Å². The summed E-state index contributed by atoms with van der Waals surface area (Å²) in [6.45, 7) is 4.09. The maximum Gasteiger partial charge on any atom is 0.343 e. The molecule has 0 amide bonds. The number of carbonyl (C=O) groups is 1. The Hall–Kier alpha value is -3.01. The number of hydrogen-bond donors (Lipinski definition) is 0. The Kier molecular flexibility index (Phi) is 4.61. The van der Waals surface area contributed by atoms with Crippen LogP contribution in [-0.2, 0) is 9.53 Å². The lowest BCUT2D eigenvalue weighted by atomic mass is 10.0. The number of carbonyl (C=O) groups excluding carboxylic acids is 1. The highest BCUT2D eigenvalue weighted by atomic mass is 16.5. The lowest BCUT2D eigenvalue weighted by molar-refractivity contribution is -0.130. The summed E-state index contributed by atoms with van der Waals surface area (Å²) in [4.78, 5) is 12.2. The molecule has 0 saturated carbocycles. The average Bonchev–Trinajstić information content (AvgIpc) is 2.97. The number of benzene rings is 2. The Morgan fingerprint density at radius 3 is 2.36 bits per heavy atom. The Morgan fingerprint density at radius 2 is 1.68 bits per heavy atom. The van der Waals surface area contributed by atoms with E-state index >= 15 is 0 Å². The predicted molar refractivity (Wildman–Crippen MR) is 97.5 cm³/mol. The van der Waals surface area contributed by atoms with Crippen LogP contribution in [0.3, 0.4) is 0 Å². The minimum absolute atomic E-state index is 0.358. The van der Waals surface area contributed by atoms with E-state index in [-0.39, 0.29) is 5.97 Å². The van der Waals surface area contributed by atoms with Gasteiger partial charge < -0.3 is 14.2 Å². The van der Waals surface area contributed by atoms with Gasteiger partial charge in [0.05, 0.1) is 19.8 Å². The molecule has 1 heterocycles. The summed E-state index contributed by atoms with van der Waals surface area (Å²) in [7, 11) is 3.17. The summed E-state index contributed by atoms with van der Waals surface area (Å²) in [5.41, 5.74) is 4.59. The molecule has 4 heteroatoms.